The lowest BCUT2D eigenvalue weighted by atomic mass is 9.58. The molecule has 16 nitrogen and oxygen atoms in total. The van der Waals surface area contributed by atoms with Crippen molar-refractivity contribution in [1.29, 1.82) is 0 Å². The van der Waals surface area contributed by atoms with Gasteiger partial charge < -0.3 is 68.9 Å². The first-order valence-electron chi connectivity index (χ1n) is 23.9. The van der Waals surface area contributed by atoms with Crippen molar-refractivity contribution in [3.05, 3.63) is 24.3 Å². The highest BCUT2D eigenvalue weighted by atomic mass is 16.8. The fourth-order valence-corrected chi connectivity index (χ4v) is 16.3. The van der Waals surface area contributed by atoms with E-state index in [0.29, 0.717) is 12.5 Å². The minimum Gasteiger partial charge on any atom is -0.390 e. The minimum absolute atomic E-state index is 0. The Morgan fingerprint density at radius 2 is 1.11 bits per heavy atom. The van der Waals surface area contributed by atoms with E-state index in [2.05, 4.69) is 27.7 Å². The Morgan fingerprint density at radius 1 is 0.682 bits per heavy atom. The Morgan fingerprint density at radius 3 is 1.55 bits per heavy atom. The molecule has 8 aliphatic carbocycles. The Bertz CT molecular complexity index is 2200. The molecular formula is C50H76O16. The zero-order chi connectivity index (χ0) is 47.4. The van der Waals surface area contributed by atoms with E-state index in [1.165, 1.54) is 12.2 Å². The molecule has 4 aliphatic heterocycles. The van der Waals surface area contributed by atoms with E-state index >= 15 is 0 Å². The van der Waals surface area contributed by atoms with Gasteiger partial charge in [-0.25, -0.2) is 0 Å². The van der Waals surface area contributed by atoms with Crippen molar-refractivity contribution in [2.24, 2.45) is 64.1 Å². The number of aliphatic hydroxyl groups is 7. The first kappa shape index (κ1) is 47.9. The quantitative estimate of drug-likeness (QED) is 0.199. The van der Waals surface area contributed by atoms with Crippen molar-refractivity contribution in [3.8, 4) is 0 Å². The molecule has 23 atom stereocenters. The average molecular weight is 934 g/mol. The molecule has 0 radical (unpaired) electrons. The van der Waals surface area contributed by atoms with Crippen LogP contribution in [0.25, 0.3) is 0 Å². The highest BCUT2D eigenvalue weighted by Gasteiger charge is 2.94. The lowest BCUT2D eigenvalue weighted by molar-refractivity contribution is -0.329. The number of carbonyl (C=O) groups excluding carboxylic acids is 2. The Labute approximate surface area is 388 Å². The van der Waals surface area contributed by atoms with E-state index in [9.17, 15) is 45.3 Å². The van der Waals surface area contributed by atoms with Gasteiger partial charge in [0.05, 0.1) is 55.4 Å². The minimum atomic E-state index is -2.05. The predicted molar refractivity (Wildman–Crippen MR) is 234 cm³/mol. The third-order valence-corrected chi connectivity index (χ3v) is 20.3. The summed E-state index contributed by atoms with van der Waals surface area (Å²) in [6, 6.07) is 0. The number of aliphatic hydroxyl groups excluding tert-OH is 2. The normalized spacial score (nSPS) is 59.3. The van der Waals surface area contributed by atoms with E-state index < -0.39 is 157 Å². The summed E-state index contributed by atoms with van der Waals surface area (Å²) >= 11 is 0. The molecule has 66 heavy (non-hydrogen) atoms. The molecule has 2 unspecified atom stereocenters. The molecule has 0 bridgehead atoms. The van der Waals surface area contributed by atoms with Crippen LogP contribution in [0, 0.1) is 64.1 Å². The van der Waals surface area contributed by atoms with Gasteiger partial charge in [0.25, 0.3) is 0 Å². The maximum Gasteiger partial charge on any atom is 0.190 e. The number of ether oxygens (including phenoxy) is 7. The van der Waals surface area contributed by atoms with Crippen LogP contribution in [0.1, 0.15) is 98.4 Å². The van der Waals surface area contributed by atoms with Crippen LogP contribution in [-0.4, -0.2) is 160 Å². The predicted octanol–water partition coefficient (Wildman–Crippen LogP) is 1.99. The second-order valence-corrected chi connectivity index (χ2v) is 24.5. The first-order chi connectivity index (χ1) is 29.9. The van der Waals surface area contributed by atoms with Crippen molar-refractivity contribution >= 4 is 11.6 Å². The highest BCUT2D eigenvalue weighted by molar-refractivity contribution is 6.02. The van der Waals surface area contributed by atoms with E-state index in [0.717, 1.165) is 6.42 Å². The van der Waals surface area contributed by atoms with Crippen LogP contribution < -0.4 is 0 Å². The van der Waals surface area contributed by atoms with Crippen molar-refractivity contribution < 1.29 is 79.9 Å². The van der Waals surface area contributed by atoms with Crippen LogP contribution in [0.2, 0.25) is 0 Å². The van der Waals surface area contributed by atoms with Gasteiger partial charge in [-0.15, -0.1) is 0 Å². The number of epoxide rings is 2. The summed E-state index contributed by atoms with van der Waals surface area (Å²) in [5.74, 6) is -8.04. The number of rotatable bonds is 4. The summed E-state index contributed by atoms with van der Waals surface area (Å²) in [5, 5.41) is 83.2. The molecular weight excluding hydrogens is 857 g/mol. The van der Waals surface area contributed by atoms with Gasteiger partial charge in [0.2, 0.25) is 0 Å². The van der Waals surface area contributed by atoms with Gasteiger partial charge >= 0.3 is 0 Å². The summed E-state index contributed by atoms with van der Waals surface area (Å²) in [5.41, 5.74) is -12.9. The fourth-order valence-electron chi connectivity index (χ4n) is 16.3. The lowest BCUT2D eigenvalue weighted by Gasteiger charge is -2.54. The molecule has 12 rings (SSSR count). The Balaban J connectivity index is 0.000000165. The van der Waals surface area contributed by atoms with Crippen LogP contribution >= 0.6 is 0 Å². The van der Waals surface area contributed by atoms with Crippen LogP contribution in [0.5, 0.6) is 0 Å². The second kappa shape index (κ2) is 13.2. The smallest absolute Gasteiger partial charge is 0.190 e. The fraction of sp³-hybridized carbons (Fsp3) is 0.880. The molecule has 7 N–H and O–H groups in total. The van der Waals surface area contributed by atoms with Crippen molar-refractivity contribution in [2.75, 3.05) is 19.8 Å². The average Bonchev–Trinajstić information content (AvgIpc) is 4.19. The number of hydrogen-bond acceptors (Lipinski definition) is 16. The molecule has 6 saturated carbocycles. The zero-order valence-electron chi connectivity index (χ0n) is 39.6. The molecule has 0 aromatic carbocycles. The van der Waals surface area contributed by atoms with Gasteiger partial charge in [0.15, 0.2) is 34.3 Å². The van der Waals surface area contributed by atoms with E-state index in [-0.39, 0.29) is 28.0 Å². The second-order valence-electron chi connectivity index (χ2n) is 24.5. The SMILES string of the molecule is C.CC[C@H](C)CO[C@@]12[C@H](O)[C@@H](C)[C@@]3(O)[C@H]([C@@H]1C2(C)C)[C@@H]1O[C@@]12COC(C)(C)OC2[C@]1(O)C(=O)C=C[C@@H]31.C[C@@H]1[C@@H](O)[C@]2(O)[C@H]([C@@H]3[C@@H]4O[C@@]45COC(C)(C)OC5[C@]4(O)C(=O)C=C[C@H]4[C@]31O)C2(C)C.[2HH]. The molecule has 0 amide bonds. The van der Waals surface area contributed by atoms with Crippen LogP contribution in [0.4, 0.5) is 0 Å². The van der Waals surface area contributed by atoms with E-state index in [4.69, 9.17) is 33.2 Å². The molecule has 2 spiro atoms. The Hall–Kier alpha value is -1.74. The molecule has 0 aromatic heterocycles. The maximum atomic E-state index is 13.3. The molecule has 4 heterocycles. The maximum absolute atomic E-state index is 13.3. The highest BCUT2D eigenvalue weighted by Crippen LogP contribution is 2.81. The van der Waals surface area contributed by atoms with Crippen molar-refractivity contribution in [2.45, 2.75) is 190 Å². The third kappa shape index (κ3) is 5.00. The summed E-state index contributed by atoms with van der Waals surface area (Å²) < 4.78 is 43.4. The lowest BCUT2D eigenvalue weighted by Crippen LogP contribution is -2.70. The Kier molecular flexibility index (Phi) is 9.59. The zero-order valence-corrected chi connectivity index (χ0v) is 39.6. The standard InChI is InChI=1S/C27H40O8.C22H30O8.CH4.H2/c1-8-13(2)11-32-27-18(22(27,4)5)17-20-24(34-20)12-33-23(6,7)35-21(24)26(31)15(9-10-16(26)28)25(17,30)14(3)19(27)29;1-9-14(24)22(27)13(17(22,2)3)12-15-19(29-15)8-28-18(4,5)30-16(19)21(26)10(20(9,12)25)6-7-11(21)23;;/h9-10,13-15,17-21,29-31H,8,11-12H2,1-7H3;6-7,9-10,12-16,24-27H,8H2,1-5H3;1H4;1H/t13-,14+,15-,17+,18+,19+,20-,21?,24-,25-,26+,27+;9-,10+,12-,13-,14-,15+,16?,19+,20+,21-,22-;;/m01../s1/i;;;1+1. The number of fused-ring (bicyclic) bond motifs is 14. The summed E-state index contributed by atoms with van der Waals surface area (Å²) in [7, 11) is 0. The van der Waals surface area contributed by atoms with Crippen molar-refractivity contribution in [3.63, 3.8) is 0 Å². The van der Waals surface area contributed by atoms with Crippen LogP contribution in [-0.2, 0) is 42.7 Å². The number of ketones is 2. The van der Waals surface area contributed by atoms with Gasteiger partial charge in [-0.1, -0.05) is 81.4 Å². The molecule has 12 aliphatic rings. The van der Waals surface area contributed by atoms with E-state index in [1.54, 1.807) is 53.7 Å². The summed E-state index contributed by atoms with van der Waals surface area (Å²) in [4.78, 5) is 26.4. The molecule has 372 valence electrons. The topological polar surface area (TPSA) is 247 Å². The van der Waals surface area contributed by atoms with Crippen LogP contribution in [0.15, 0.2) is 24.3 Å². The van der Waals surface area contributed by atoms with E-state index in [1.807, 2.05) is 13.8 Å². The van der Waals surface area contributed by atoms with Gasteiger partial charge in [0.1, 0.15) is 34.6 Å². The van der Waals surface area contributed by atoms with Gasteiger partial charge in [-0.3, -0.25) is 9.59 Å². The van der Waals surface area contributed by atoms with Gasteiger partial charge in [-0.05, 0) is 45.8 Å². The summed E-state index contributed by atoms with van der Waals surface area (Å²) in [6.45, 7) is 23.3. The van der Waals surface area contributed by atoms with Crippen molar-refractivity contribution in [1.82, 2.24) is 0 Å². The van der Waals surface area contributed by atoms with Gasteiger partial charge in [-0.2, -0.15) is 0 Å². The molecule has 16 heteroatoms. The molecule has 4 saturated heterocycles. The summed E-state index contributed by atoms with van der Waals surface area (Å²) in [6.07, 6.45) is 1.44. The third-order valence-electron chi connectivity index (χ3n) is 20.3. The monoisotopic (exact) mass is 934 g/mol. The van der Waals surface area contributed by atoms with Gasteiger partial charge in [0, 0.05) is 59.6 Å². The number of hydrogen-bond donors (Lipinski definition) is 7. The first-order valence-corrected chi connectivity index (χ1v) is 23.9. The number of carbonyl (C=O) groups is 2. The molecule has 0 aromatic rings. The largest absolute Gasteiger partial charge is 0.390 e. The molecule has 10 fully saturated rings. The van der Waals surface area contributed by atoms with Crippen LogP contribution in [0.3, 0.4) is 0 Å².